The van der Waals surface area contributed by atoms with Gasteiger partial charge in [-0.1, -0.05) is 30.8 Å². The lowest BCUT2D eigenvalue weighted by atomic mass is 9.92. The largest absolute Gasteiger partial charge is 0.493 e. The molecule has 1 aliphatic carbocycles. The second kappa shape index (κ2) is 6.87. The molecule has 0 atom stereocenters. The average Bonchev–Trinajstić information content (AvgIpc) is 2.33. The van der Waals surface area contributed by atoms with Crippen LogP contribution >= 0.6 is 12.2 Å². The molecule has 0 radical (unpaired) electrons. The molecule has 0 bridgehead atoms. The van der Waals surface area contributed by atoms with Crippen LogP contribution in [0.1, 0.15) is 31.2 Å². The van der Waals surface area contributed by atoms with Gasteiger partial charge in [-0.3, -0.25) is 0 Å². The predicted molar refractivity (Wildman–Crippen MR) is 82.7 cm³/mol. The Labute approximate surface area is 120 Å². The topological polar surface area (TPSA) is 38.5 Å². The van der Waals surface area contributed by atoms with Crippen LogP contribution in [0.25, 0.3) is 0 Å². The first-order valence-electron chi connectivity index (χ1n) is 6.90. The molecule has 1 aromatic carbocycles. The summed E-state index contributed by atoms with van der Waals surface area (Å²) in [6.07, 6.45) is 5.11. The molecular formula is C15H22N2OS. The van der Waals surface area contributed by atoms with E-state index in [1.165, 1.54) is 19.3 Å². The molecule has 0 aromatic heterocycles. The third-order valence-electron chi connectivity index (χ3n) is 3.76. The lowest BCUT2D eigenvalue weighted by Gasteiger charge is -2.34. The van der Waals surface area contributed by atoms with Gasteiger partial charge in [0.2, 0.25) is 0 Å². The van der Waals surface area contributed by atoms with Gasteiger partial charge >= 0.3 is 0 Å². The fourth-order valence-corrected chi connectivity index (χ4v) is 2.47. The van der Waals surface area contributed by atoms with Crippen molar-refractivity contribution in [1.82, 2.24) is 4.90 Å². The number of ether oxygens (including phenoxy) is 1. The van der Waals surface area contributed by atoms with Gasteiger partial charge in [0.1, 0.15) is 10.7 Å². The molecule has 1 aliphatic rings. The highest BCUT2D eigenvalue weighted by Crippen LogP contribution is 2.23. The van der Waals surface area contributed by atoms with Gasteiger partial charge in [0, 0.05) is 12.6 Å². The molecule has 19 heavy (non-hydrogen) atoms. The Hall–Kier alpha value is -1.13. The summed E-state index contributed by atoms with van der Waals surface area (Å²) in [7, 11) is 2.20. The van der Waals surface area contributed by atoms with E-state index in [1.54, 1.807) is 0 Å². The van der Waals surface area contributed by atoms with Gasteiger partial charge in [-0.2, -0.15) is 0 Å². The molecule has 0 spiro atoms. The van der Waals surface area contributed by atoms with Crippen molar-refractivity contribution in [3.63, 3.8) is 0 Å². The minimum atomic E-state index is 0.391. The van der Waals surface area contributed by atoms with Crippen LogP contribution in [-0.2, 0) is 0 Å². The third kappa shape index (κ3) is 3.91. The second-order valence-corrected chi connectivity index (χ2v) is 5.57. The van der Waals surface area contributed by atoms with Crippen molar-refractivity contribution in [2.45, 2.75) is 31.7 Å². The first kappa shape index (κ1) is 14.3. The summed E-state index contributed by atoms with van der Waals surface area (Å²) in [5.74, 6) is 0.793. The number of hydrogen-bond acceptors (Lipinski definition) is 3. The van der Waals surface area contributed by atoms with Crippen LogP contribution in [0.5, 0.6) is 5.75 Å². The fourth-order valence-electron chi connectivity index (χ4n) is 2.30. The van der Waals surface area contributed by atoms with Crippen molar-refractivity contribution in [2.75, 3.05) is 20.2 Å². The van der Waals surface area contributed by atoms with Gasteiger partial charge < -0.3 is 15.4 Å². The van der Waals surface area contributed by atoms with Gasteiger partial charge in [0.15, 0.2) is 0 Å². The van der Waals surface area contributed by atoms with E-state index in [2.05, 4.69) is 11.9 Å². The van der Waals surface area contributed by atoms with E-state index in [-0.39, 0.29) is 0 Å². The van der Waals surface area contributed by atoms with Crippen molar-refractivity contribution >= 4 is 17.2 Å². The van der Waals surface area contributed by atoms with Crippen LogP contribution in [0.3, 0.4) is 0 Å². The quantitative estimate of drug-likeness (QED) is 0.614. The van der Waals surface area contributed by atoms with Crippen molar-refractivity contribution in [3.8, 4) is 5.75 Å². The van der Waals surface area contributed by atoms with E-state index in [1.807, 2.05) is 24.3 Å². The first-order valence-corrected chi connectivity index (χ1v) is 7.31. The van der Waals surface area contributed by atoms with Gasteiger partial charge in [0.25, 0.3) is 0 Å². The SMILES string of the molecule is CN(CCCOc1ccccc1C(N)=S)C1CCC1. The van der Waals surface area contributed by atoms with Gasteiger partial charge in [0.05, 0.1) is 12.2 Å². The summed E-state index contributed by atoms with van der Waals surface area (Å²) in [5.41, 5.74) is 6.50. The van der Waals surface area contributed by atoms with E-state index >= 15 is 0 Å². The van der Waals surface area contributed by atoms with Crippen LogP contribution in [0, 0.1) is 0 Å². The number of benzene rings is 1. The number of nitrogens with two attached hydrogens (primary N) is 1. The molecule has 0 aliphatic heterocycles. The zero-order valence-electron chi connectivity index (χ0n) is 11.5. The van der Waals surface area contributed by atoms with Gasteiger partial charge in [-0.05, 0) is 38.4 Å². The molecule has 0 saturated heterocycles. The summed E-state index contributed by atoms with van der Waals surface area (Å²) < 4.78 is 5.79. The summed E-state index contributed by atoms with van der Waals surface area (Å²) in [5, 5.41) is 0. The predicted octanol–water partition coefficient (Wildman–Crippen LogP) is 2.57. The maximum Gasteiger partial charge on any atom is 0.129 e. The molecule has 2 rings (SSSR count). The highest BCUT2D eigenvalue weighted by molar-refractivity contribution is 7.80. The molecule has 4 heteroatoms. The van der Waals surface area contributed by atoms with Crippen molar-refractivity contribution in [2.24, 2.45) is 5.73 Å². The van der Waals surface area contributed by atoms with Crippen LogP contribution < -0.4 is 10.5 Å². The Morgan fingerprint density at radius 2 is 2.16 bits per heavy atom. The zero-order valence-corrected chi connectivity index (χ0v) is 12.3. The summed E-state index contributed by atoms with van der Waals surface area (Å²) in [6.45, 7) is 1.79. The molecule has 104 valence electrons. The minimum Gasteiger partial charge on any atom is -0.493 e. The normalized spacial score (nSPS) is 15.3. The van der Waals surface area contributed by atoms with E-state index in [4.69, 9.17) is 22.7 Å². The third-order valence-corrected chi connectivity index (χ3v) is 3.98. The maximum atomic E-state index is 5.79. The van der Waals surface area contributed by atoms with Crippen LogP contribution in [0.15, 0.2) is 24.3 Å². The maximum absolute atomic E-state index is 5.79. The smallest absolute Gasteiger partial charge is 0.129 e. The molecule has 3 nitrogen and oxygen atoms in total. The summed E-state index contributed by atoms with van der Waals surface area (Å²) in [4.78, 5) is 2.83. The van der Waals surface area contributed by atoms with Crippen LogP contribution in [-0.4, -0.2) is 36.1 Å². The van der Waals surface area contributed by atoms with Crippen molar-refractivity contribution < 1.29 is 4.74 Å². The lowest BCUT2D eigenvalue weighted by molar-refractivity contribution is 0.149. The van der Waals surface area contributed by atoms with E-state index in [9.17, 15) is 0 Å². The number of rotatable bonds is 7. The summed E-state index contributed by atoms with van der Waals surface area (Å²) in [6, 6.07) is 8.48. The molecule has 1 fully saturated rings. The molecule has 0 heterocycles. The van der Waals surface area contributed by atoms with Crippen LogP contribution in [0.4, 0.5) is 0 Å². The molecular weight excluding hydrogens is 256 g/mol. The number of para-hydroxylation sites is 1. The Kier molecular flexibility index (Phi) is 5.16. The minimum absolute atomic E-state index is 0.391. The first-order chi connectivity index (χ1) is 9.18. The lowest BCUT2D eigenvalue weighted by Crippen LogP contribution is -2.38. The molecule has 1 aromatic rings. The number of nitrogens with zero attached hydrogens (tertiary/aromatic N) is 1. The monoisotopic (exact) mass is 278 g/mol. The van der Waals surface area contributed by atoms with Crippen molar-refractivity contribution in [3.05, 3.63) is 29.8 Å². The van der Waals surface area contributed by atoms with Crippen molar-refractivity contribution in [1.29, 1.82) is 0 Å². The second-order valence-electron chi connectivity index (χ2n) is 5.13. The number of hydrogen-bond donors (Lipinski definition) is 1. The van der Waals surface area contributed by atoms with E-state index in [0.717, 1.165) is 30.3 Å². The Morgan fingerprint density at radius 3 is 2.79 bits per heavy atom. The molecule has 0 unspecified atom stereocenters. The highest BCUT2D eigenvalue weighted by Gasteiger charge is 2.21. The molecule has 0 amide bonds. The van der Waals surface area contributed by atoms with Gasteiger partial charge in [-0.25, -0.2) is 0 Å². The Bertz CT molecular complexity index is 432. The van der Waals surface area contributed by atoms with E-state index in [0.29, 0.717) is 11.6 Å². The molecule has 2 N–H and O–H groups in total. The Balaban J connectivity index is 1.74. The molecule has 1 saturated carbocycles. The average molecular weight is 278 g/mol. The fraction of sp³-hybridized carbons (Fsp3) is 0.533. The number of thiocarbonyl (C=S) groups is 1. The van der Waals surface area contributed by atoms with E-state index < -0.39 is 0 Å². The summed E-state index contributed by atoms with van der Waals surface area (Å²) >= 11 is 5.02. The van der Waals surface area contributed by atoms with Gasteiger partial charge in [-0.15, -0.1) is 0 Å². The Morgan fingerprint density at radius 1 is 1.42 bits per heavy atom. The standard InChI is InChI=1S/C15H22N2OS/c1-17(12-6-4-7-12)10-5-11-18-14-9-3-2-8-13(14)15(16)19/h2-3,8-9,12H,4-7,10-11H2,1H3,(H2,16,19). The highest BCUT2D eigenvalue weighted by atomic mass is 32.1. The van der Waals surface area contributed by atoms with Crippen LogP contribution in [0.2, 0.25) is 0 Å². The zero-order chi connectivity index (χ0) is 13.7.